The molecule has 7 heteroatoms. The molecule has 29 heavy (non-hydrogen) atoms. The summed E-state index contributed by atoms with van der Waals surface area (Å²) in [4.78, 5) is 43.0. The van der Waals surface area contributed by atoms with Crippen LogP contribution in [-0.4, -0.2) is 40.3 Å². The predicted molar refractivity (Wildman–Crippen MR) is 106 cm³/mol. The first-order valence-corrected chi connectivity index (χ1v) is 10.9. The first-order valence-electron chi connectivity index (χ1n) is 10.9. The summed E-state index contributed by atoms with van der Waals surface area (Å²) < 4.78 is 6.00. The first-order chi connectivity index (χ1) is 14.1. The number of pyridine rings is 1. The van der Waals surface area contributed by atoms with E-state index in [4.69, 9.17) is 4.74 Å². The Kier molecular flexibility index (Phi) is 6.11. The summed E-state index contributed by atoms with van der Waals surface area (Å²) in [5.41, 5.74) is 0.840. The van der Waals surface area contributed by atoms with Crippen molar-refractivity contribution in [1.82, 2.24) is 15.2 Å². The Morgan fingerprint density at radius 1 is 1.07 bits per heavy atom. The summed E-state index contributed by atoms with van der Waals surface area (Å²) in [6.45, 7) is 0.483. The van der Waals surface area contributed by atoms with E-state index < -0.39 is 0 Å². The van der Waals surface area contributed by atoms with Gasteiger partial charge in [-0.15, -0.1) is 0 Å². The van der Waals surface area contributed by atoms with Crippen LogP contribution in [-0.2, 0) is 20.9 Å². The molecular formula is C22H29N3O4. The first kappa shape index (κ1) is 19.9. The second-order valence-electron chi connectivity index (χ2n) is 8.34. The normalized spacial score (nSPS) is 24.6. The minimum Gasteiger partial charge on any atom is -0.474 e. The maximum Gasteiger partial charge on any atom is 0.233 e. The summed E-state index contributed by atoms with van der Waals surface area (Å²) in [6, 6.07) is 3.72. The number of nitrogens with one attached hydrogen (secondary N) is 1. The van der Waals surface area contributed by atoms with Gasteiger partial charge in [0.25, 0.3) is 0 Å². The van der Waals surface area contributed by atoms with E-state index in [0.29, 0.717) is 12.4 Å². The number of amides is 3. The summed E-state index contributed by atoms with van der Waals surface area (Å²) in [5, 5.41) is 2.87. The summed E-state index contributed by atoms with van der Waals surface area (Å²) >= 11 is 0. The van der Waals surface area contributed by atoms with E-state index in [1.165, 1.54) is 17.7 Å². The number of aromatic nitrogens is 1. The zero-order valence-electron chi connectivity index (χ0n) is 16.8. The minimum absolute atomic E-state index is 0.0907. The van der Waals surface area contributed by atoms with Gasteiger partial charge in [-0.2, -0.15) is 0 Å². The fourth-order valence-electron chi connectivity index (χ4n) is 4.78. The molecule has 0 spiro atoms. The smallest absolute Gasteiger partial charge is 0.233 e. The fourth-order valence-corrected chi connectivity index (χ4v) is 4.78. The fraction of sp³-hybridized carbons (Fsp3) is 0.636. The Morgan fingerprint density at radius 2 is 1.72 bits per heavy atom. The molecule has 1 aromatic rings. The molecule has 2 aliphatic carbocycles. The SMILES string of the molecule is O=C(CCN1C(=O)[C@H]2CCCC[C@H]2C1=O)NCc1cccnc1OC1CCCC1. The number of hydrogen-bond acceptors (Lipinski definition) is 5. The van der Waals surface area contributed by atoms with Gasteiger partial charge in [0.2, 0.25) is 23.6 Å². The van der Waals surface area contributed by atoms with Gasteiger partial charge in [0.05, 0.1) is 11.8 Å². The van der Waals surface area contributed by atoms with Crippen LogP contribution in [0, 0.1) is 11.8 Å². The summed E-state index contributed by atoms with van der Waals surface area (Å²) in [7, 11) is 0. The van der Waals surface area contributed by atoms with Crippen molar-refractivity contribution in [2.24, 2.45) is 11.8 Å². The largest absolute Gasteiger partial charge is 0.474 e. The quantitative estimate of drug-likeness (QED) is 0.712. The molecule has 0 radical (unpaired) electrons. The van der Waals surface area contributed by atoms with Gasteiger partial charge in [0.1, 0.15) is 6.10 Å². The lowest BCUT2D eigenvalue weighted by Gasteiger charge is -2.19. The number of rotatable bonds is 7. The van der Waals surface area contributed by atoms with E-state index in [1.807, 2.05) is 12.1 Å². The lowest BCUT2D eigenvalue weighted by Crippen LogP contribution is -2.35. The van der Waals surface area contributed by atoms with Crippen LogP contribution < -0.4 is 10.1 Å². The summed E-state index contributed by atoms with van der Waals surface area (Å²) in [5.74, 6) is -0.112. The van der Waals surface area contributed by atoms with Crippen molar-refractivity contribution in [3.05, 3.63) is 23.9 Å². The number of fused-ring (bicyclic) bond motifs is 1. The van der Waals surface area contributed by atoms with Crippen molar-refractivity contribution >= 4 is 17.7 Å². The Hall–Kier alpha value is -2.44. The Labute approximate surface area is 171 Å². The Balaban J connectivity index is 1.27. The third-order valence-electron chi connectivity index (χ3n) is 6.40. The molecule has 1 saturated heterocycles. The van der Waals surface area contributed by atoms with Gasteiger partial charge < -0.3 is 10.1 Å². The van der Waals surface area contributed by atoms with Crippen molar-refractivity contribution in [3.8, 4) is 5.88 Å². The van der Waals surface area contributed by atoms with Gasteiger partial charge in [0.15, 0.2) is 0 Å². The highest BCUT2D eigenvalue weighted by molar-refractivity contribution is 6.05. The number of imide groups is 1. The predicted octanol–water partition coefficient (Wildman–Crippen LogP) is 2.58. The lowest BCUT2D eigenvalue weighted by molar-refractivity contribution is -0.140. The van der Waals surface area contributed by atoms with Crippen LogP contribution in [0.15, 0.2) is 18.3 Å². The van der Waals surface area contributed by atoms with Gasteiger partial charge in [-0.25, -0.2) is 4.98 Å². The molecule has 7 nitrogen and oxygen atoms in total. The number of likely N-dealkylation sites (tertiary alicyclic amines) is 1. The lowest BCUT2D eigenvalue weighted by atomic mass is 9.81. The molecule has 3 aliphatic rings. The highest BCUT2D eigenvalue weighted by Gasteiger charge is 2.47. The number of nitrogens with zero attached hydrogens (tertiary/aromatic N) is 2. The standard InChI is InChI=1S/C22H29N3O4/c26-19(11-13-25-21(27)17-9-3-4-10-18(17)22(25)28)24-14-15-6-5-12-23-20(15)29-16-7-1-2-8-16/h5-6,12,16-18H,1-4,7-11,13-14H2,(H,24,26)/t17-,18+. The number of carbonyl (C=O) groups is 3. The molecule has 3 amide bonds. The third-order valence-corrected chi connectivity index (χ3v) is 6.40. The van der Waals surface area contributed by atoms with E-state index in [9.17, 15) is 14.4 Å². The van der Waals surface area contributed by atoms with Crippen LogP contribution in [0.5, 0.6) is 5.88 Å². The number of carbonyl (C=O) groups excluding carboxylic acids is 3. The average Bonchev–Trinajstić information content (AvgIpc) is 3.33. The van der Waals surface area contributed by atoms with Crippen LogP contribution in [0.25, 0.3) is 0 Å². The van der Waals surface area contributed by atoms with Crippen LogP contribution in [0.3, 0.4) is 0 Å². The molecule has 1 N–H and O–H groups in total. The maximum atomic E-state index is 12.5. The van der Waals surface area contributed by atoms with Crippen LogP contribution in [0.4, 0.5) is 0 Å². The van der Waals surface area contributed by atoms with E-state index in [2.05, 4.69) is 10.3 Å². The molecule has 0 aromatic carbocycles. The molecule has 2 saturated carbocycles. The molecule has 0 unspecified atom stereocenters. The highest BCUT2D eigenvalue weighted by atomic mass is 16.5. The van der Waals surface area contributed by atoms with E-state index >= 15 is 0 Å². The second kappa shape index (κ2) is 8.93. The van der Waals surface area contributed by atoms with Crippen LogP contribution in [0.2, 0.25) is 0 Å². The highest BCUT2D eigenvalue weighted by Crippen LogP contribution is 2.38. The number of hydrogen-bond donors (Lipinski definition) is 1. The van der Waals surface area contributed by atoms with E-state index in [0.717, 1.165) is 44.1 Å². The monoisotopic (exact) mass is 399 g/mol. The molecule has 1 aromatic heterocycles. The van der Waals surface area contributed by atoms with Gasteiger partial charge in [-0.05, 0) is 44.6 Å². The molecule has 156 valence electrons. The van der Waals surface area contributed by atoms with Crippen molar-refractivity contribution in [1.29, 1.82) is 0 Å². The van der Waals surface area contributed by atoms with Crippen LogP contribution >= 0.6 is 0 Å². The van der Waals surface area contributed by atoms with Gasteiger partial charge in [0, 0.05) is 31.3 Å². The van der Waals surface area contributed by atoms with Crippen molar-refractivity contribution in [2.75, 3.05) is 6.54 Å². The molecule has 2 heterocycles. The van der Waals surface area contributed by atoms with E-state index in [-0.39, 0.29) is 48.6 Å². The van der Waals surface area contributed by atoms with E-state index in [1.54, 1.807) is 6.20 Å². The minimum atomic E-state index is -0.184. The van der Waals surface area contributed by atoms with Gasteiger partial charge >= 0.3 is 0 Å². The number of ether oxygens (including phenoxy) is 1. The van der Waals surface area contributed by atoms with Gasteiger partial charge in [-0.3, -0.25) is 19.3 Å². The van der Waals surface area contributed by atoms with Crippen LogP contribution in [0.1, 0.15) is 63.4 Å². The Bertz CT molecular complexity index is 751. The maximum absolute atomic E-state index is 12.5. The van der Waals surface area contributed by atoms with Crippen molar-refractivity contribution in [3.63, 3.8) is 0 Å². The molecule has 1 aliphatic heterocycles. The molecule has 3 fully saturated rings. The van der Waals surface area contributed by atoms with Gasteiger partial charge in [-0.1, -0.05) is 18.9 Å². The second-order valence-corrected chi connectivity index (χ2v) is 8.34. The topological polar surface area (TPSA) is 88.6 Å². The molecular weight excluding hydrogens is 370 g/mol. The zero-order chi connectivity index (χ0) is 20.2. The van der Waals surface area contributed by atoms with Crippen molar-refractivity contribution < 1.29 is 19.1 Å². The summed E-state index contributed by atoms with van der Waals surface area (Å²) in [6.07, 6.45) is 10.1. The molecule has 0 bridgehead atoms. The Morgan fingerprint density at radius 3 is 2.41 bits per heavy atom. The molecule has 4 rings (SSSR count). The molecule has 2 atom stereocenters. The third kappa shape index (κ3) is 4.43. The average molecular weight is 399 g/mol. The zero-order valence-corrected chi connectivity index (χ0v) is 16.8. The van der Waals surface area contributed by atoms with Crippen molar-refractivity contribution in [2.45, 2.75) is 70.4 Å².